The van der Waals surface area contributed by atoms with Crippen LogP contribution in [-0.4, -0.2) is 29.5 Å². The lowest BCUT2D eigenvalue weighted by Crippen LogP contribution is -2.35. The Labute approximate surface area is 205 Å². The first-order valence-electron chi connectivity index (χ1n) is 11.5. The lowest BCUT2D eigenvalue weighted by Gasteiger charge is -2.26. The molecule has 4 rings (SSSR count). The number of hydrogen-bond donors (Lipinski definition) is 3. The van der Waals surface area contributed by atoms with E-state index < -0.39 is 11.7 Å². The average molecular weight is 511 g/mol. The van der Waals surface area contributed by atoms with E-state index in [-0.39, 0.29) is 18.0 Å². The molecule has 34 heavy (non-hydrogen) atoms. The van der Waals surface area contributed by atoms with Gasteiger partial charge in [0.2, 0.25) is 5.91 Å². The first kappa shape index (κ1) is 25.1. The largest absolute Gasteiger partial charge is 0.416 e. The Morgan fingerprint density at radius 3 is 2.76 bits per heavy atom. The molecule has 1 aromatic carbocycles. The Kier molecular flexibility index (Phi) is 7.33. The Balaban J connectivity index is 1.70. The molecule has 0 spiro atoms. The third-order valence-electron chi connectivity index (χ3n) is 6.12. The number of anilines is 1. The second-order valence-corrected chi connectivity index (χ2v) is 11.0. The van der Waals surface area contributed by atoms with Crippen molar-refractivity contribution in [2.75, 3.05) is 11.9 Å². The number of amides is 1. The minimum atomic E-state index is -4.42. The van der Waals surface area contributed by atoms with Crippen LogP contribution in [0.4, 0.5) is 18.2 Å². The summed E-state index contributed by atoms with van der Waals surface area (Å²) in [5.74, 6) is -0.0928. The minimum absolute atomic E-state index is 0.0928. The molecule has 1 aliphatic rings. The van der Waals surface area contributed by atoms with E-state index >= 15 is 0 Å². The van der Waals surface area contributed by atoms with E-state index in [0.717, 1.165) is 46.0 Å². The van der Waals surface area contributed by atoms with Crippen LogP contribution in [0.2, 0.25) is 0 Å². The summed E-state index contributed by atoms with van der Waals surface area (Å²) in [5, 5.41) is 11.3. The number of thiazole rings is 1. The monoisotopic (exact) mass is 510 g/mol. The molecule has 0 saturated carbocycles. The second-order valence-electron chi connectivity index (χ2n) is 8.90. The third kappa shape index (κ3) is 5.30. The SMILES string of the molecule is CCC(C)NCCC(=O)Nc1sc2c(c1-c1nc3cc(C(F)(F)F)ccc3s1)CC(C)NC2C. The van der Waals surface area contributed by atoms with E-state index in [4.69, 9.17) is 0 Å². The molecule has 0 aliphatic carbocycles. The zero-order chi connectivity index (χ0) is 24.6. The molecule has 184 valence electrons. The molecule has 2 aromatic heterocycles. The van der Waals surface area contributed by atoms with Crippen molar-refractivity contribution in [3.63, 3.8) is 0 Å². The second kappa shape index (κ2) is 9.93. The van der Waals surface area contributed by atoms with Crippen LogP contribution in [0.1, 0.15) is 62.6 Å². The highest BCUT2D eigenvalue weighted by atomic mass is 32.1. The summed E-state index contributed by atoms with van der Waals surface area (Å²) in [6.07, 6.45) is -2.33. The predicted octanol–water partition coefficient (Wildman–Crippen LogP) is 6.36. The summed E-state index contributed by atoms with van der Waals surface area (Å²) in [4.78, 5) is 18.5. The van der Waals surface area contributed by atoms with Crippen molar-refractivity contribution in [2.24, 2.45) is 0 Å². The number of rotatable bonds is 7. The Morgan fingerprint density at radius 2 is 2.06 bits per heavy atom. The fourth-order valence-electron chi connectivity index (χ4n) is 4.19. The molecule has 0 radical (unpaired) electrons. The van der Waals surface area contributed by atoms with Gasteiger partial charge in [0.05, 0.1) is 15.8 Å². The average Bonchev–Trinajstić information content (AvgIpc) is 3.33. The van der Waals surface area contributed by atoms with E-state index in [1.165, 1.54) is 28.7 Å². The molecule has 3 heterocycles. The number of fused-ring (bicyclic) bond motifs is 2. The summed E-state index contributed by atoms with van der Waals surface area (Å²) in [5.41, 5.74) is 1.57. The highest BCUT2D eigenvalue weighted by Gasteiger charge is 2.32. The van der Waals surface area contributed by atoms with Gasteiger partial charge in [0.25, 0.3) is 0 Å². The van der Waals surface area contributed by atoms with Gasteiger partial charge >= 0.3 is 6.18 Å². The Morgan fingerprint density at radius 1 is 1.29 bits per heavy atom. The van der Waals surface area contributed by atoms with Gasteiger partial charge in [-0.3, -0.25) is 4.79 Å². The molecule has 3 aromatic rings. The number of carbonyl (C=O) groups excluding carboxylic acids is 1. The maximum atomic E-state index is 13.2. The Bertz CT molecular complexity index is 1190. The highest BCUT2D eigenvalue weighted by molar-refractivity contribution is 7.23. The van der Waals surface area contributed by atoms with Crippen molar-refractivity contribution in [1.29, 1.82) is 0 Å². The van der Waals surface area contributed by atoms with Gasteiger partial charge in [0.15, 0.2) is 0 Å². The number of aromatic nitrogens is 1. The lowest BCUT2D eigenvalue weighted by atomic mass is 9.95. The van der Waals surface area contributed by atoms with E-state index in [0.29, 0.717) is 34.2 Å². The van der Waals surface area contributed by atoms with Gasteiger partial charge in [0.1, 0.15) is 10.0 Å². The number of carbonyl (C=O) groups is 1. The Hall–Kier alpha value is -2.01. The van der Waals surface area contributed by atoms with Gasteiger partial charge in [-0.2, -0.15) is 13.2 Å². The summed E-state index contributed by atoms with van der Waals surface area (Å²) in [7, 11) is 0. The topological polar surface area (TPSA) is 66.0 Å². The molecule has 3 N–H and O–H groups in total. The highest BCUT2D eigenvalue weighted by Crippen LogP contribution is 2.48. The molecule has 0 saturated heterocycles. The van der Waals surface area contributed by atoms with Crippen molar-refractivity contribution in [2.45, 2.75) is 71.3 Å². The quantitative estimate of drug-likeness (QED) is 0.346. The maximum absolute atomic E-state index is 13.2. The van der Waals surface area contributed by atoms with Crippen LogP contribution in [0.15, 0.2) is 18.2 Å². The summed E-state index contributed by atoms with van der Waals surface area (Å²) in [6.45, 7) is 8.94. The van der Waals surface area contributed by atoms with Crippen molar-refractivity contribution in [1.82, 2.24) is 15.6 Å². The fourth-order valence-corrected chi connectivity index (χ4v) is 6.54. The molecule has 1 aliphatic heterocycles. The minimum Gasteiger partial charge on any atom is -0.317 e. The molecule has 0 fully saturated rings. The van der Waals surface area contributed by atoms with E-state index in [1.54, 1.807) is 0 Å². The third-order valence-corrected chi connectivity index (χ3v) is 8.50. The predicted molar refractivity (Wildman–Crippen MR) is 134 cm³/mol. The van der Waals surface area contributed by atoms with E-state index in [1.807, 2.05) is 0 Å². The molecule has 0 bridgehead atoms. The van der Waals surface area contributed by atoms with Crippen molar-refractivity contribution >= 4 is 43.8 Å². The molecular weight excluding hydrogens is 481 g/mol. The lowest BCUT2D eigenvalue weighted by molar-refractivity contribution is -0.137. The smallest absolute Gasteiger partial charge is 0.317 e. The molecule has 3 unspecified atom stereocenters. The van der Waals surface area contributed by atoms with Crippen LogP contribution >= 0.6 is 22.7 Å². The molecule has 3 atom stereocenters. The van der Waals surface area contributed by atoms with Gasteiger partial charge in [-0.25, -0.2) is 4.98 Å². The zero-order valence-electron chi connectivity index (χ0n) is 19.6. The van der Waals surface area contributed by atoms with Crippen LogP contribution < -0.4 is 16.0 Å². The number of thiophene rings is 1. The van der Waals surface area contributed by atoms with Crippen LogP contribution in [0.3, 0.4) is 0 Å². The number of nitrogens with zero attached hydrogens (tertiary/aromatic N) is 1. The summed E-state index contributed by atoms with van der Waals surface area (Å²) in [6, 6.07) is 4.37. The number of benzene rings is 1. The van der Waals surface area contributed by atoms with Crippen LogP contribution in [0, 0.1) is 0 Å². The first-order chi connectivity index (χ1) is 16.1. The molecule has 1 amide bonds. The van der Waals surface area contributed by atoms with E-state index in [2.05, 4.69) is 48.6 Å². The number of nitrogens with one attached hydrogen (secondary N) is 3. The maximum Gasteiger partial charge on any atom is 0.416 e. The standard InChI is InChI=1S/C24H29F3N4OS2/c1-5-12(2)28-9-8-19(32)31-23-20(16-10-13(3)29-14(4)21(16)34-23)22-30-17-11-15(24(25,26)27)6-7-18(17)33-22/h6-7,11-14,28-29H,5,8-10H2,1-4H3,(H,31,32). The van der Waals surface area contributed by atoms with Crippen LogP contribution in [0.25, 0.3) is 20.8 Å². The normalized spacial score (nSPS) is 19.3. The van der Waals surface area contributed by atoms with Gasteiger partial charge in [-0.1, -0.05) is 6.92 Å². The number of alkyl halides is 3. The van der Waals surface area contributed by atoms with Crippen molar-refractivity contribution in [3.05, 3.63) is 34.2 Å². The van der Waals surface area contributed by atoms with Gasteiger partial charge < -0.3 is 16.0 Å². The van der Waals surface area contributed by atoms with Crippen LogP contribution in [-0.2, 0) is 17.4 Å². The molecule has 5 nitrogen and oxygen atoms in total. The van der Waals surface area contributed by atoms with Gasteiger partial charge in [-0.05, 0) is 57.4 Å². The fraction of sp³-hybridized carbons (Fsp3) is 0.500. The summed E-state index contributed by atoms with van der Waals surface area (Å²) < 4.78 is 40.3. The van der Waals surface area contributed by atoms with Gasteiger partial charge in [0, 0.05) is 41.5 Å². The van der Waals surface area contributed by atoms with Crippen molar-refractivity contribution in [3.8, 4) is 10.6 Å². The van der Waals surface area contributed by atoms with Crippen molar-refractivity contribution < 1.29 is 18.0 Å². The zero-order valence-corrected chi connectivity index (χ0v) is 21.2. The van der Waals surface area contributed by atoms with E-state index in [9.17, 15) is 18.0 Å². The summed E-state index contributed by atoms with van der Waals surface area (Å²) >= 11 is 2.89. The number of hydrogen-bond acceptors (Lipinski definition) is 6. The van der Waals surface area contributed by atoms with Gasteiger partial charge in [-0.15, -0.1) is 22.7 Å². The number of halogens is 3. The molecule has 10 heteroatoms. The van der Waals surface area contributed by atoms with Crippen LogP contribution in [0.5, 0.6) is 0 Å². The molecular formula is C24H29F3N4OS2. The first-order valence-corrected chi connectivity index (χ1v) is 13.1.